The van der Waals surface area contributed by atoms with Gasteiger partial charge in [-0.15, -0.1) is 11.8 Å². The smallest absolute Gasteiger partial charge is 0.0705 e. The molecule has 0 radical (unpaired) electrons. The van der Waals surface area contributed by atoms with E-state index >= 15 is 0 Å². The van der Waals surface area contributed by atoms with Crippen molar-refractivity contribution in [2.75, 3.05) is 7.05 Å². The molecule has 0 aliphatic heterocycles. The highest BCUT2D eigenvalue weighted by Crippen LogP contribution is 2.25. The number of fused-ring (bicyclic) bond motifs is 1. The molecule has 0 saturated carbocycles. The molecule has 2 aromatic rings. The van der Waals surface area contributed by atoms with Crippen LogP contribution in [0.5, 0.6) is 0 Å². The second-order valence-electron chi connectivity index (χ2n) is 4.22. The number of benzene rings is 1. The van der Waals surface area contributed by atoms with Crippen molar-refractivity contribution in [1.29, 1.82) is 0 Å². The second-order valence-corrected chi connectivity index (χ2v) is 4.22. The van der Waals surface area contributed by atoms with Crippen LogP contribution in [0.3, 0.4) is 0 Å². The van der Waals surface area contributed by atoms with E-state index in [9.17, 15) is 0 Å². The minimum atomic E-state index is 0.332. The van der Waals surface area contributed by atoms with E-state index in [2.05, 4.69) is 46.4 Å². The van der Waals surface area contributed by atoms with Gasteiger partial charge in [0.2, 0.25) is 0 Å². The molecule has 0 fully saturated rings. The van der Waals surface area contributed by atoms with Gasteiger partial charge in [0, 0.05) is 24.0 Å². The maximum absolute atomic E-state index is 4.40. The summed E-state index contributed by atoms with van der Waals surface area (Å²) in [5.41, 5.74) is 2.36. The Morgan fingerprint density at radius 2 is 2.17 bits per heavy atom. The van der Waals surface area contributed by atoms with Gasteiger partial charge < -0.3 is 5.32 Å². The maximum Gasteiger partial charge on any atom is 0.0705 e. The molecule has 0 aliphatic rings. The third kappa shape index (κ3) is 2.69. The van der Waals surface area contributed by atoms with E-state index in [1.165, 1.54) is 10.9 Å². The van der Waals surface area contributed by atoms with E-state index in [4.69, 9.17) is 0 Å². The molecule has 1 N–H and O–H groups in total. The first-order valence-corrected chi connectivity index (χ1v) is 6.27. The lowest BCUT2D eigenvalue weighted by atomic mass is 9.98. The van der Waals surface area contributed by atoms with E-state index in [0.717, 1.165) is 18.4 Å². The Bertz CT molecular complexity index is 573. The van der Waals surface area contributed by atoms with Crippen LogP contribution in [-0.4, -0.2) is 12.0 Å². The SMILES string of the molecule is CC#CCCC(NC)c1cccc2ncccc12. The standard InChI is InChI=1S/C16H18N2/c1-3-4-5-10-15(17-2)13-8-6-11-16-14(13)9-7-12-18-16/h6-9,11-12,15,17H,5,10H2,1-2H3. The van der Waals surface area contributed by atoms with Crippen LogP contribution in [0, 0.1) is 11.8 Å². The van der Waals surface area contributed by atoms with Crippen molar-refractivity contribution < 1.29 is 0 Å². The van der Waals surface area contributed by atoms with Crippen molar-refractivity contribution in [2.24, 2.45) is 0 Å². The van der Waals surface area contributed by atoms with E-state index in [1.807, 2.05) is 26.2 Å². The van der Waals surface area contributed by atoms with Gasteiger partial charge in [-0.05, 0) is 38.1 Å². The van der Waals surface area contributed by atoms with E-state index < -0.39 is 0 Å². The zero-order valence-corrected chi connectivity index (χ0v) is 10.9. The molecule has 1 heterocycles. The number of aromatic nitrogens is 1. The van der Waals surface area contributed by atoms with Crippen LogP contribution in [0.1, 0.15) is 31.4 Å². The minimum absolute atomic E-state index is 0.332. The van der Waals surface area contributed by atoms with Gasteiger partial charge in [0.05, 0.1) is 5.52 Å². The Hall–Kier alpha value is -1.85. The maximum atomic E-state index is 4.40. The Morgan fingerprint density at radius 1 is 1.28 bits per heavy atom. The van der Waals surface area contributed by atoms with Crippen LogP contribution in [0.2, 0.25) is 0 Å². The van der Waals surface area contributed by atoms with Crippen molar-refractivity contribution in [3.8, 4) is 11.8 Å². The van der Waals surface area contributed by atoms with Crippen molar-refractivity contribution in [3.63, 3.8) is 0 Å². The van der Waals surface area contributed by atoms with Crippen molar-refractivity contribution in [2.45, 2.75) is 25.8 Å². The highest BCUT2D eigenvalue weighted by Gasteiger charge is 2.11. The van der Waals surface area contributed by atoms with Crippen LogP contribution < -0.4 is 5.32 Å². The quantitative estimate of drug-likeness (QED) is 0.827. The fourth-order valence-corrected chi connectivity index (χ4v) is 2.23. The number of rotatable bonds is 4. The van der Waals surface area contributed by atoms with Gasteiger partial charge >= 0.3 is 0 Å². The molecule has 1 aromatic carbocycles. The molecule has 2 nitrogen and oxygen atoms in total. The first-order valence-electron chi connectivity index (χ1n) is 6.27. The fourth-order valence-electron chi connectivity index (χ4n) is 2.23. The first kappa shape index (κ1) is 12.6. The Morgan fingerprint density at radius 3 is 2.94 bits per heavy atom. The average Bonchev–Trinajstić information content (AvgIpc) is 2.43. The van der Waals surface area contributed by atoms with Crippen LogP contribution in [0.15, 0.2) is 36.5 Å². The molecule has 2 heteroatoms. The summed E-state index contributed by atoms with van der Waals surface area (Å²) >= 11 is 0. The number of pyridine rings is 1. The summed E-state index contributed by atoms with van der Waals surface area (Å²) in [6.45, 7) is 1.89. The van der Waals surface area contributed by atoms with E-state index in [0.29, 0.717) is 6.04 Å². The number of hydrogen-bond acceptors (Lipinski definition) is 2. The molecule has 2 rings (SSSR count). The Balaban J connectivity index is 2.34. The van der Waals surface area contributed by atoms with Gasteiger partial charge in [0.1, 0.15) is 0 Å². The first-order chi connectivity index (χ1) is 8.86. The van der Waals surface area contributed by atoms with Gasteiger partial charge in [-0.2, -0.15) is 0 Å². The molecular weight excluding hydrogens is 220 g/mol. The summed E-state index contributed by atoms with van der Waals surface area (Å²) in [6.07, 6.45) is 3.77. The highest BCUT2D eigenvalue weighted by atomic mass is 14.9. The predicted molar refractivity (Wildman–Crippen MR) is 76.2 cm³/mol. The molecule has 1 atom stereocenters. The summed E-state index contributed by atoms with van der Waals surface area (Å²) in [6, 6.07) is 10.7. The summed E-state index contributed by atoms with van der Waals surface area (Å²) in [5.74, 6) is 6.07. The zero-order valence-electron chi connectivity index (χ0n) is 10.9. The average molecular weight is 238 g/mol. The van der Waals surface area contributed by atoms with Gasteiger partial charge in [-0.25, -0.2) is 0 Å². The summed E-state index contributed by atoms with van der Waals surface area (Å²) in [5, 5.41) is 4.60. The highest BCUT2D eigenvalue weighted by molar-refractivity contribution is 5.82. The van der Waals surface area contributed by atoms with E-state index in [-0.39, 0.29) is 0 Å². The monoisotopic (exact) mass is 238 g/mol. The number of nitrogens with one attached hydrogen (secondary N) is 1. The van der Waals surface area contributed by atoms with Crippen LogP contribution in [-0.2, 0) is 0 Å². The molecular formula is C16H18N2. The van der Waals surface area contributed by atoms with Gasteiger partial charge in [-0.3, -0.25) is 4.98 Å². The summed E-state index contributed by atoms with van der Waals surface area (Å²) in [7, 11) is 2.00. The van der Waals surface area contributed by atoms with Crippen molar-refractivity contribution in [3.05, 3.63) is 42.1 Å². The molecule has 0 aliphatic carbocycles. The van der Waals surface area contributed by atoms with Gasteiger partial charge in [0.25, 0.3) is 0 Å². The van der Waals surface area contributed by atoms with Crippen LogP contribution in [0.4, 0.5) is 0 Å². The lowest BCUT2D eigenvalue weighted by Crippen LogP contribution is -2.16. The van der Waals surface area contributed by atoms with Crippen molar-refractivity contribution >= 4 is 10.9 Å². The fraction of sp³-hybridized carbons (Fsp3) is 0.312. The summed E-state index contributed by atoms with van der Waals surface area (Å²) < 4.78 is 0. The van der Waals surface area contributed by atoms with Crippen molar-refractivity contribution in [1.82, 2.24) is 10.3 Å². The zero-order chi connectivity index (χ0) is 12.8. The lowest BCUT2D eigenvalue weighted by molar-refractivity contribution is 0.562. The molecule has 1 unspecified atom stereocenters. The largest absolute Gasteiger partial charge is 0.313 e. The van der Waals surface area contributed by atoms with E-state index in [1.54, 1.807) is 0 Å². The minimum Gasteiger partial charge on any atom is -0.313 e. The van der Waals surface area contributed by atoms with Crippen LogP contribution in [0.25, 0.3) is 10.9 Å². The molecule has 0 spiro atoms. The van der Waals surface area contributed by atoms with Crippen LogP contribution >= 0.6 is 0 Å². The Kier molecular flexibility index (Phi) is 4.33. The molecule has 1 aromatic heterocycles. The Labute approximate surface area is 108 Å². The summed E-state index contributed by atoms with van der Waals surface area (Å²) in [4.78, 5) is 4.40. The number of nitrogens with zero attached hydrogens (tertiary/aromatic N) is 1. The molecule has 0 saturated heterocycles. The predicted octanol–water partition coefficient (Wildman–Crippen LogP) is 3.30. The third-order valence-electron chi connectivity index (χ3n) is 3.14. The second kappa shape index (κ2) is 6.18. The molecule has 92 valence electrons. The third-order valence-corrected chi connectivity index (χ3v) is 3.14. The van der Waals surface area contributed by atoms with Gasteiger partial charge in [-0.1, -0.05) is 18.2 Å². The topological polar surface area (TPSA) is 24.9 Å². The molecule has 18 heavy (non-hydrogen) atoms. The number of hydrogen-bond donors (Lipinski definition) is 1. The lowest BCUT2D eigenvalue weighted by Gasteiger charge is -2.17. The molecule has 0 bridgehead atoms. The molecule has 0 amide bonds. The normalized spacial score (nSPS) is 11.9. The van der Waals surface area contributed by atoms with Gasteiger partial charge in [0.15, 0.2) is 0 Å².